The van der Waals surface area contributed by atoms with E-state index in [0.29, 0.717) is 28.8 Å². The molecule has 0 spiro atoms. The van der Waals surface area contributed by atoms with Crippen LogP contribution >= 0.6 is 0 Å². The summed E-state index contributed by atoms with van der Waals surface area (Å²) in [6.45, 7) is 4.62. The van der Waals surface area contributed by atoms with Crippen molar-refractivity contribution >= 4 is 16.8 Å². The van der Waals surface area contributed by atoms with Gasteiger partial charge < -0.3 is 9.88 Å². The van der Waals surface area contributed by atoms with Crippen LogP contribution in [-0.2, 0) is 6.54 Å². The summed E-state index contributed by atoms with van der Waals surface area (Å²) in [5.41, 5.74) is 2.05. The van der Waals surface area contributed by atoms with Crippen molar-refractivity contribution in [3.63, 3.8) is 0 Å². The lowest BCUT2D eigenvalue weighted by atomic mass is 10.1. The Hall–Kier alpha value is -2.95. The fraction of sp³-hybridized carbons (Fsp3) is 0.211. The van der Waals surface area contributed by atoms with E-state index in [0.717, 1.165) is 5.56 Å². The van der Waals surface area contributed by atoms with Crippen molar-refractivity contribution in [2.45, 2.75) is 20.4 Å². The number of fused-ring (bicyclic) bond motifs is 1. The monoisotopic (exact) mass is 321 g/mol. The highest BCUT2D eigenvalue weighted by Gasteiger charge is 2.17. The van der Waals surface area contributed by atoms with Crippen LogP contribution in [0.4, 0.5) is 0 Å². The molecule has 1 aromatic heterocycles. The molecule has 0 saturated heterocycles. The van der Waals surface area contributed by atoms with Crippen LogP contribution in [0.5, 0.6) is 0 Å². The van der Waals surface area contributed by atoms with Crippen LogP contribution in [0.2, 0.25) is 0 Å². The van der Waals surface area contributed by atoms with E-state index in [2.05, 4.69) is 9.97 Å². The Bertz CT molecular complexity index is 946. The number of carbonyl (C=O) groups excluding carboxylic acids is 1. The highest BCUT2D eigenvalue weighted by atomic mass is 16.2. The first-order valence-corrected chi connectivity index (χ1v) is 7.93. The molecule has 0 aliphatic carbocycles. The van der Waals surface area contributed by atoms with E-state index in [4.69, 9.17) is 0 Å². The number of nitrogens with zero attached hydrogens (tertiary/aromatic N) is 2. The van der Waals surface area contributed by atoms with Crippen LogP contribution in [0.1, 0.15) is 28.7 Å². The SMILES string of the molecule is CCN(Cc1nc2ccccc2c(=O)[nH]1)C(=O)c1ccccc1C. The Morgan fingerprint density at radius 1 is 1.12 bits per heavy atom. The van der Waals surface area contributed by atoms with E-state index < -0.39 is 0 Å². The van der Waals surface area contributed by atoms with Crippen LogP contribution in [-0.4, -0.2) is 27.3 Å². The van der Waals surface area contributed by atoms with Crippen LogP contribution in [0.15, 0.2) is 53.3 Å². The minimum atomic E-state index is -0.185. The molecule has 0 radical (unpaired) electrons. The average Bonchev–Trinajstić information content (AvgIpc) is 2.59. The van der Waals surface area contributed by atoms with Crippen molar-refractivity contribution in [3.8, 4) is 0 Å². The highest BCUT2D eigenvalue weighted by molar-refractivity contribution is 5.95. The zero-order valence-corrected chi connectivity index (χ0v) is 13.7. The van der Waals surface area contributed by atoms with E-state index >= 15 is 0 Å². The summed E-state index contributed by atoms with van der Waals surface area (Å²) in [5, 5.41) is 0.550. The number of aromatic nitrogens is 2. The Morgan fingerprint density at radius 3 is 2.58 bits per heavy atom. The summed E-state index contributed by atoms with van der Waals surface area (Å²) in [7, 11) is 0. The quantitative estimate of drug-likeness (QED) is 0.803. The second-order valence-electron chi connectivity index (χ2n) is 5.66. The van der Waals surface area contributed by atoms with Crippen molar-refractivity contribution in [2.75, 3.05) is 6.54 Å². The van der Waals surface area contributed by atoms with Gasteiger partial charge in [-0.25, -0.2) is 4.98 Å². The number of nitrogens with one attached hydrogen (secondary N) is 1. The zero-order chi connectivity index (χ0) is 17.1. The summed E-state index contributed by atoms with van der Waals surface area (Å²) in [5.74, 6) is 0.425. The lowest BCUT2D eigenvalue weighted by molar-refractivity contribution is 0.0747. The molecule has 0 saturated carbocycles. The highest BCUT2D eigenvalue weighted by Crippen LogP contribution is 2.13. The molecule has 1 amide bonds. The first-order valence-electron chi connectivity index (χ1n) is 7.93. The van der Waals surface area contributed by atoms with Crippen molar-refractivity contribution < 1.29 is 4.79 Å². The van der Waals surface area contributed by atoms with E-state index in [9.17, 15) is 9.59 Å². The standard InChI is InChI=1S/C19H19N3O2/c1-3-22(19(24)14-9-5-4-8-13(14)2)12-17-20-16-11-7-6-10-15(16)18(23)21-17/h4-11H,3,12H2,1-2H3,(H,20,21,23). The summed E-state index contributed by atoms with van der Waals surface area (Å²) < 4.78 is 0. The number of hydrogen-bond acceptors (Lipinski definition) is 3. The number of hydrogen-bond donors (Lipinski definition) is 1. The largest absolute Gasteiger partial charge is 0.331 e. The predicted octanol–water partition coefficient (Wildman–Crippen LogP) is 2.89. The summed E-state index contributed by atoms with van der Waals surface area (Å²) in [6.07, 6.45) is 0. The molecule has 5 heteroatoms. The number of carbonyl (C=O) groups is 1. The van der Waals surface area contributed by atoms with Crippen molar-refractivity contribution in [1.29, 1.82) is 0 Å². The average molecular weight is 321 g/mol. The third-order valence-electron chi connectivity index (χ3n) is 4.05. The molecule has 0 aliphatic rings. The number of H-pyrrole nitrogens is 1. The van der Waals surface area contributed by atoms with Crippen molar-refractivity contribution in [1.82, 2.24) is 14.9 Å². The zero-order valence-electron chi connectivity index (χ0n) is 13.7. The minimum Gasteiger partial charge on any atom is -0.331 e. The Labute approximate surface area is 140 Å². The first kappa shape index (κ1) is 15.9. The van der Waals surface area contributed by atoms with Gasteiger partial charge in [0.05, 0.1) is 17.4 Å². The summed E-state index contributed by atoms with van der Waals surface area (Å²) in [6, 6.07) is 14.7. The maximum Gasteiger partial charge on any atom is 0.258 e. The number of aryl methyl sites for hydroxylation is 1. The van der Waals surface area contributed by atoms with Crippen molar-refractivity contribution in [2.24, 2.45) is 0 Å². The molecule has 3 rings (SSSR count). The second kappa shape index (κ2) is 6.66. The van der Waals surface area contributed by atoms with Crippen molar-refractivity contribution in [3.05, 3.63) is 75.8 Å². The van der Waals surface area contributed by atoms with Gasteiger partial charge in [-0.05, 0) is 37.6 Å². The molecule has 24 heavy (non-hydrogen) atoms. The van der Waals surface area contributed by atoms with Crippen LogP contribution in [0, 0.1) is 6.92 Å². The van der Waals surface area contributed by atoms with Gasteiger partial charge >= 0.3 is 0 Å². The molecular weight excluding hydrogens is 302 g/mol. The molecule has 0 bridgehead atoms. The van der Waals surface area contributed by atoms with E-state index in [1.165, 1.54) is 0 Å². The molecular formula is C19H19N3O2. The fourth-order valence-corrected chi connectivity index (χ4v) is 2.70. The number of para-hydroxylation sites is 1. The molecule has 122 valence electrons. The smallest absolute Gasteiger partial charge is 0.258 e. The van der Waals surface area contributed by atoms with Crippen LogP contribution in [0.3, 0.4) is 0 Å². The van der Waals surface area contributed by atoms with E-state index in [-0.39, 0.29) is 18.0 Å². The molecule has 0 fully saturated rings. The van der Waals surface area contributed by atoms with E-state index in [1.54, 1.807) is 23.1 Å². The molecule has 5 nitrogen and oxygen atoms in total. The topological polar surface area (TPSA) is 66.1 Å². The maximum atomic E-state index is 12.8. The molecule has 3 aromatic rings. The Balaban J connectivity index is 1.92. The Kier molecular flexibility index (Phi) is 4.42. The predicted molar refractivity (Wildman–Crippen MR) is 94.0 cm³/mol. The minimum absolute atomic E-state index is 0.0635. The fourth-order valence-electron chi connectivity index (χ4n) is 2.70. The van der Waals surface area contributed by atoms with Gasteiger partial charge in [-0.1, -0.05) is 30.3 Å². The number of rotatable bonds is 4. The molecule has 1 N–H and O–H groups in total. The van der Waals surface area contributed by atoms with Gasteiger partial charge in [-0.15, -0.1) is 0 Å². The number of amides is 1. The number of aromatic amines is 1. The van der Waals surface area contributed by atoms with Crippen LogP contribution in [0.25, 0.3) is 10.9 Å². The lowest BCUT2D eigenvalue weighted by Crippen LogP contribution is -2.32. The normalized spacial score (nSPS) is 10.8. The third kappa shape index (κ3) is 3.06. The van der Waals surface area contributed by atoms with Gasteiger partial charge in [-0.3, -0.25) is 9.59 Å². The first-order chi connectivity index (χ1) is 11.6. The molecule has 0 aliphatic heterocycles. The maximum absolute atomic E-state index is 12.8. The van der Waals surface area contributed by atoms with Gasteiger partial charge in [0.1, 0.15) is 5.82 Å². The van der Waals surface area contributed by atoms with Gasteiger partial charge in [0, 0.05) is 12.1 Å². The van der Waals surface area contributed by atoms with Gasteiger partial charge in [0.15, 0.2) is 0 Å². The summed E-state index contributed by atoms with van der Waals surface area (Å²) >= 11 is 0. The third-order valence-corrected chi connectivity index (χ3v) is 4.05. The molecule has 0 unspecified atom stereocenters. The molecule has 0 atom stereocenters. The number of benzene rings is 2. The van der Waals surface area contributed by atoms with E-state index in [1.807, 2.05) is 44.2 Å². The van der Waals surface area contributed by atoms with Gasteiger partial charge in [-0.2, -0.15) is 0 Å². The van der Waals surface area contributed by atoms with Gasteiger partial charge in [0.25, 0.3) is 11.5 Å². The van der Waals surface area contributed by atoms with Gasteiger partial charge in [0.2, 0.25) is 0 Å². The molecule has 2 aromatic carbocycles. The lowest BCUT2D eigenvalue weighted by Gasteiger charge is -2.21. The molecule has 1 heterocycles. The summed E-state index contributed by atoms with van der Waals surface area (Å²) in [4.78, 5) is 33.8. The second-order valence-corrected chi connectivity index (χ2v) is 5.66. The van der Waals surface area contributed by atoms with Crippen LogP contribution < -0.4 is 5.56 Å². The Morgan fingerprint density at radius 2 is 1.83 bits per heavy atom.